The molecule has 2 amide bonds. The molecular weight excluding hydrogens is 400 g/mol. The summed E-state index contributed by atoms with van der Waals surface area (Å²) < 4.78 is 0. The predicted molar refractivity (Wildman–Crippen MR) is 118 cm³/mol. The SMILES string of the molecule is Cc1sc2nc(CCC(=O)NCc3cccc(N4CCCC4=O)c3)[nH]c(=O)c2c1C. The number of aromatic amines is 1. The van der Waals surface area contributed by atoms with Crippen molar-refractivity contribution in [1.82, 2.24) is 15.3 Å². The quantitative estimate of drug-likeness (QED) is 0.636. The van der Waals surface area contributed by atoms with E-state index in [-0.39, 0.29) is 23.8 Å². The van der Waals surface area contributed by atoms with Crippen molar-refractivity contribution in [3.8, 4) is 0 Å². The average molecular weight is 425 g/mol. The molecule has 1 aromatic carbocycles. The van der Waals surface area contributed by atoms with Crippen LogP contribution in [-0.4, -0.2) is 28.3 Å². The number of anilines is 1. The molecule has 1 aliphatic heterocycles. The Bertz CT molecular complexity index is 1180. The molecule has 0 saturated carbocycles. The van der Waals surface area contributed by atoms with Gasteiger partial charge in [0.1, 0.15) is 10.7 Å². The van der Waals surface area contributed by atoms with Crippen LogP contribution in [0.1, 0.15) is 41.1 Å². The standard InChI is InChI=1S/C22H24N4O3S/c1-13-14(2)30-22-20(13)21(29)24-17(25-22)8-9-18(27)23-12-15-5-3-6-16(11-15)26-10-4-7-19(26)28/h3,5-6,11H,4,7-10,12H2,1-2H3,(H,23,27)(H,24,25,29). The highest BCUT2D eigenvalue weighted by Gasteiger charge is 2.21. The lowest BCUT2D eigenvalue weighted by Crippen LogP contribution is -2.25. The molecule has 0 radical (unpaired) electrons. The third-order valence-electron chi connectivity index (χ3n) is 5.46. The lowest BCUT2D eigenvalue weighted by Gasteiger charge is -2.16. The van der Waals surface area contributed by atoms with E-state index in [9.17, 15) is 14.4 Å². The number of aryl methyl sites for hydroxylation is 3. The van der Waals surface area contributed by atoms with Gasteiger partial charge >= 0.3 is 0 Å². The summed E-state index contributed by atoms with van der Waals surface area (Å²) in [6, 6.07) is 7.69. The number of thiophene rings is 1. The van der Waals surface area contributed by atoms with Gasteiger partial charge < -0.3 is 15.2 Å². The molecular formula is C22H24N4O3S. The van der Waals surface area contributed by atoms with Crippen molar-refractivity contribution in [2.75, 3.05) is 11.4 Å². The average Bonchev–Trinajstić information content (AvgIpc) is 3.28. The predicted octanol–water partition coefficient (Wildman–Crippen LogP) is 2.98. The maximum Gasteiger partial charge on any atom is 0.259 e. The number of benzene rings is 1. The van der Waals surface area contributed by atoms with Gasteiger partial charge in [-0.15, -0.1) is 11.3 Å². The fourth-order valence-corrected chi connectivity index (χ4v) is 4.74. The summed E-state index contributed by atoms with van der Waals surface area (Å²) in [5, 5.41) is 3.54. The number of rotatable bonds is 6. The molecule has 0 unspecified atom stereocenters. The minimum absolute atomic E-state index is 0.112. The largest absolute Gasteiger partial charge is 0.352 e. The van der Waals surface area contributed by atoms with Crippen molar-refractivity contribution in [3.63, 3.8) is 0 Å². The van der Waals surface area contributed by atoms with Crippen molar-refractivity contribution in [2.24, 2.45) is 0 Å². The highest BCUT2D eigenvalue weighted by Crippen LogP contribution is 2.26. The summed E-state index contributed by atoms with van der Waals surface area (Å²) in [7, 11) is 0. The molecule has 1 fully saturated rings. The number of amides is 2. The Morgan fingerprint density at radius 2 is 2.13 bits per heavy atom. The highest BCUT2D eigenvalue weighted by atomic mass is 32.1. The Balaban J connectivity index is 1.35. The molecule has 1 saturated heterocycles. The highest BCUT2D eigenvalue weighted by molar-refractivity contribution is 7.18. The maximum absolute atomic E-state index is 12.3. The van der Waals surface area contributed by atoms with Gasteiger partial charge in [-0.25, -0.2) is 4.98 Å². The van der Waals surface area contributed by atoms with E-state index in [2.05, 4.69) is 15.3 Å². The van der Waals surface area contributed by atoms with Gasteiger partial charge in [-0.2, -0.15) is 0 Å². The lowest BCUT2D eigenvalue weighted by molar-refractivity contribution is -0.121. The van der Waals surface area contributed by atoms with Crippen LogP contribution in [0.3, 0.4) is 0 Å². The molecule has 4 rings (SSSR count). The van der Waals surface area contributed by atoms with Gasteiger partial charge in [0.2, 0.25) is 11.8 Å². The van der Waals surface area contributed by atoms with E-state index in [0.717, 1.165) is 39.5 Å². The van der Waals surface area contributed by atoms with Crippen LogP contribution < -0.4 is 15.8 Å². The van der Waals surface area contributed by atoms with Crippen molar-refractivity contribution in [2.45, 2.75) is 46.1 Å². The molecule has 2 aromatic heterocycles. The lowest BCUT2D eigenvalue weighted by atomic mass is 10.2. The van der Waals surface area contributed by atoms with Crippen LogP contribution in [0.15, 0.2) is 29.1 Å². The van der Waals surface area contributed by atoms with E-state index < -0.39 is 0 Å². The Morgan fingerprint density at radius 3 is 2.90 bits per heavy atom. The number of carbonyl (C=O) groups excluding carboxylic acids is 2. The smallest absolute Gasteiger partial charge is 0.259 e. The first-order chi connectivity index (χ1) is 14.4. The first-order valence-electron chi connectivity index (χ1n) is 10.1. The number of hydrogen-bond donors (Lipinski definition) is 2. The van der Waals surface area contributed by atoms with Crippen molar-refractivity contribution < 1.29 is 9.59 Å². The van der Waals surface area contributed by atoms with Gasteiger partial charge in [-0.1, -0.05) is 12.1 Å². The topological polar surface area (TPSA) is 95.2 Å². The Labute approximate surface area is 178 Å². The molecule has 2 N–H and O–H groups in total. The Kier molecular flexibility index (Phi) is 5.67. The zero-order chi connectivity index (χ0) is 21.3. The maximum atomic E-state index is 12.3. The third kappa shape index (κ3) is 4.14. The van der Waals surface area contributed by atoms with Crippen molar-refractivity contribution >= 4 is 39.1 Å². The number of hydrogen-bond acceptors (Lipinski definition) is 5. The van der Waals surface area contributed by atoms with E-state index in [4.69, 9.17) is 0 Å². The van der Waals surface area contributed by atoms with Crippen LogP contribution in [0.25, 0.3) is 10.2 Å². The van der Waals surface area contributed by atoms with E-state index in [1.807, 2.05) is 38.1 Å². The van der Waals surface area contributed by atoms with E-state index >= 15 is 0 Å². The first kappa shape index (κ1) is 20.3. The van der Waals surface area contributed by atoms with Gasteiger partial charge in [-0.3, -0.25) is 14.4 Å². The fourth-order valence-electron chi connectivity index (χ4n) is 3.69. The first-order valence-corrected chi connectivity index (χ1v) is 10.9. The number of nitrogens with zero attached hydrogens (tertiary/aromatic N) is 2. The van der Waals surface area contributed by atoms with Crippen molar-refractivity contribution in [3.05, 3.63) is 56.4 Å². The van der Waals surface area contributed by atoms with Crippen LogP contribution >= 0.6 is 11.3 Å². The molecule has 156 valence electrons. The molecule has 0 bridgehead atoms. The molecule has 3 heterocycles. The number of nitrogens with one attached hydrogen (secondary N) is 2. The van der Waals surface area contributed by atoms with Crippen LogP contribution in [0, 0.1) is 13.8 Å². The van der Waals surface area contributed by atoms with Crippen LogP contribution in [0.5, 0.6) is 0 Å². The van der Waals surface area contributed by atoms with Crippen molar-refractivity contribution in [1.29, 1.82) is 0 Å². The molecule has 30 heavy (non-hydrogen) atoms. The number of aromatic nitrogens is 2. The number of fused-ring (bicyclic) bond motifs is 1. The minimum Gasteiger partial charge on any atom is -0.352 e. The second-order valence-corrected chi connectivity index (χ2v) is 8.77. The normalized spacial score (nSPS) is 13.9. The monoisotopic (exact) mass is 424 g/mol. The minimum atomic E-state index is -0.148. The summed E-state index contributed by atoms with van der Waals surface area (Å²) in [5.74, 6) is 0.558. The van der Waals surface area contributed by atoms with Gasteiger partial charge in [0.25, 0.3) is 5.56 Å². The number of carbonyl (C=O) groups is 2. The van der Waals surface area contributed by atoms with Gasteiger partial charge in [0.05, 0.1) is 5.39 Å². The summed E-state index contributed by atoms with van der Waals surface area (Å²) in [5.41, 5.74) is 2.63. The van der Waals surface area contributed by atoms with Gasteiger partial charge in [0.15, 0.2) is 0 Å². The summed E-state index contributed by atoms with van der Waals surface area (Å²) in [4.78, 5) is 47.5. The summed E-state index contributed by atoms with van der Waals surface area (Å²) in [6.07, 6.45) is 2.08. The number of H-pyrrole nitrogens is 1. The van der Waals surface area contributed by atoms with E-state index in [1.54, 1.807) is 4.90 Å². The molecule has 0 atom stereocenters. The summed E-state index contributed by atoms with van der Waals surface area (Å²) in [6.45, 7) is 5.03. The summed E-state index contributed by atoms with van der Waals surface area (Å²) >= 11 is 1.50. The second-order valence-electron chi connectivity index (χ2n) is 7.57. The van der Waals surface area contributed by atoms with E-state index in [0.29, 0.717) is 30.6 Å². The molecule has 7 nitrogen and oxygen atoms in total. The zero-order valence-electron chi connectivity index (χ0n) is 17.1. The molecule has 8 heteroatoms. The Hall–Kier alpha value is -3.00. The molecule has 0 aliphatic carbocycles. The molecule has 1 aliphatic rings. The zero-order valence-corrected chi connectivity index (χ0v) is 17.9. The third-order valence-corrected chi connectivity index (χ3v) is 6.56. The van der Waals surface area contributed by atoms with Gasteiger partial charge in [-0.05, 0) is 43.5 Å². The molecule has 3 aromatic rings. The second kappa shape index (κ2) is 8.39. The van der Waals surface area contributed by atoms with Gasteiger partial charge in [0, 0.05) is 42.9 Å². The van der Waals surface area contributed by atoms with Crippen LogP contribution in [0.2, 0.25) is 0 Å². The molecule has 0 spiro atoms. The fraction of sp³-hybridized carbons (Fsp3) is 0.364. The van der Waals surface area contributed by atoms with E-state index in [1.165, 1.54) is 11.3 Å². The van der Waals surface area contributed by atoms with Crippen LogP contribution in [-0.2, 0) is 22.6 Å². The van der Waals surface area contributed by atoms with Crippen LogP contribution in [0.4, 0.5) is 5.69 Å². The Morgan fingerprint density at radius 1 is 1.30 bits per heavy atom.